The molecule has 192 valence electrons. The summed E-state index contributed by atoms with van der Waals surface area (Å²) in [7, 11) is 0. The summed E-state index contributed by atoms with van der Waals surface area (Å²) in [5.74, 6) is 0.623. The van der Waals surface area contributed by atoms with E-state index in [-0.39, 0.29) is 24.0 Å². The zero-order chi connectivity index (χ0) is 26.5. The summed E-state index contributed by atoms with van der Waals surface area (Å²) in [5.41, 5.74) is 3.49. The van der Waals surface area contributed by atoms with Gasteiger partial charge in [0.15, 0.2) is 0 Å². The van der Waals surface area contributed by atoms with Gasteiger partial charge in [0.2, 0.25) is 0 Å². The second-order valence-electron chi connectivity index (χ2n) is 8.96. The summed E-state index contributed by atoms with van der Waals surface area (Å²) >= 11 is 12.9. The van der Waals surface area contributed by atoms with Gasteiger partial charge in [-0.3, -0.25) is 0 Å². The van der Waals surface area contributed by atoms with Crippen LogP contribution in [0.15, 0.2) is 66.7 Å². The highest BCUT2D eigenvalue weighted by Crippen LogP contribution is 2.31. The van der Waals surface area contributed by atoms with E-state index < -0.39 is 5.97 Å². The van der Waals surface area contributed by atoms with E-state index in [9.17, 15) is 4.79 Å². The lowest BCUT2D eigenvalue weighted by Crippen LogP contribution is -2.10. The van der Waals surface area contributed by atoms with Crippen molar-refractivity contribution < 1.29 is 19.4 Å². The maximum atomic E-state index is 11.0. The largest absolute Gasteiger partial charge is 0.493 e. The van der Waals surface area contributed by atoms with Gasteiger partial charge in [-0.1, -0.05) is 67.4 Å². The van der Waals surface area contributed by atoms with Gasteiger partial charge in [-0.25, -0.2) is 9.48 Å². The standard InChI is InChI=1S/C28H27Cl2N3O4/c1-17(2)26-25(33(32-31-26)27-23(29)5-4-6-24(27)30)16-37-22-11-7-19(8-12-22)18(3)15-36-21-13-9-20(10-14-21)28(34)35/h4-14,17-18H,15-16H2,1-3H3,(H,34,35). The van der Waals surface area contributed by atoms with Crippen LogP contribution in [-0.4, -0.2) is 32.7 Å². The average molecular weight is 540 g/mol. The number of ether oxygens (including phenoxy) is 2. The average Bonchev–Trinajstić information content (AvgIpc) is 3.30. The van der Waals surface area contributed by atoms with E-state index in [1.165, 1.54) is 12.1 Å². The van der Waals surface area contributed by atoms with E-state index in [1.807, 2.05) is 38.1 Å². The Balaban J connectivity index is 1.42. The lowest BCUT2D eigenvalue weighted by atomic mass is 10.0. The number of para-hydroxylation sites is 1. The van der Waals surface area contributed by atoms with Crippen LogP contribution >= 0.6 is 23.2 Å². The predicted molar refractivity (Wildman–Crippen MR) is 144 cm³/mol. The third-order valence-electron chi connectivity index (χ3n) is 5.92. The fourth-order valence-corrected chi connectivity index (χ4v) is 4.38. The maximum Gasteiger partial charge on any atom is 0.335 e. The van der Waals surface area contributed by atoms with Crippen LogP contribution in [0.5, 0.6) is 11.5 Å². The molecule has 1 atom stereocenters. The Morgan fingerprint density at radius 3 is 2.11 bits per heavy atom. The first-order chi connectivity index (χ1) is 17.7. The molecule has 4 aromatic rings. The highest BCUT2D eigenvalue weighted by molar-refractivity contribution is 6.37. The van der Waals surface area contributed by atoms with Gasteiger partial charge in [0, 0.05) is 5.92 Å². The number of aromatic nitrogens is 3. The number of carboxylic acids is 1. The molecule has 1 unspecified atom stereocenters. The van der Waals surface area contributed by atoms with Crippen molar-refractivity contribution in [2.24, 2.45) is 0 Å². The Bertz CT molecular complexity index is 1350. The van der Waals surface area contributed by atoms with Crippen molar-refractivity contribution in [2.75, 3.05) is 6.61 Å². The molecule has 4 rings (SSSR count). The van der Waals surface area contributed by atoms with Crippen LogP contribution in [0.1, 0.15) is 59.9 Å². The highest BCUT2D eigenvalue weighted by Gasteiger charge is 2.21. The topological polar surface area (TPSA) is 86.5 Å². The van der Waals surface area contributed by atoms with Gasteiger partial charge in [0.1, 0.15) is 29.5 Å². The number of nitrogens with zero attached hydrogens (tertiary/aromatic N) is 3. The summed E-state index contributed by atoms with van der Waals surface area (Å²) in [5, 5.41) is 18.6. The van der Waals surface area contributed by atoms with Gasteiger partial charge in [-0.05, 0) is 60.0 Å². The number of benzene rings is 3. The molecular weight excluding hydrogens is 513 g/mol. The Kier molecular flexibility index (Phi) is 8.36. The Labute approximate surface area is 225 Å². The molecule has 0 fully saturated rings. The molecule has 0 spiro atoms. The molecule has 1 heterocycles. The van der Waals surface area contributed by atoms with E-state index in [1.54, 1.807) is 35.0 Å². The van der Waals surface area contributed by atoms with Crippen molar-refractivity contribution in [3.8, 4) is 17.2 Å². The van der Waals surface area contributed by atoms with Gasteiger partial charge >= 0.3 is 5.97 Å². The fourth-order valence-electron chi connectivity index (χ4n) is 3.82. The van der Waals surface area contributed by atoms with Crippen molar-refractivity contribution in [1.29, 1.82) is 0 Å². The molecular formula is C28H27Cl2N3O4. The zero-order valence-electron chi connectivity index (χ0n) is 20.7. The minimum atomic E-state index is -0.962. The van der Waals surface area contributed by atoms with Gasteiger partial charge < -0.3 is 14.6 Å². The molecule has 0 aliphatic heterocycles. The van der Waals surface area contributed by atoms with Crippen molar-refractivity contribution in [2.45, 2.75) is 39.2 Å². The molecule has 0 bridgehead atoms. The van der Waals surface area contributed by atoms with Gasteiger partial charge in [-0.15, -0.1) is 5.10 Å². The van der Waals surface area contributed by atoms with E-state index >= 15 is 0 Å². The summed E-state index contributed by atoms with van der Waals surface area (Å²) in [6.07, 6.45) is 0. The smallest absolute Gasteiger partial charge is 0.335 e. The molecule has 9 heteroatoms. The number of hydrogen-bond acceptors (Lipinski definition) is 5. The number of halogens is 2. The van der Waals surface area contributed by atoms with Crippen molar-refractivity contribution in [3.05, 3.63) is 99.3 Å². The van der Waals surface area contributed by atoms with Crippen LogP contribution in [0.2, 0.25) is 10.0 Å². The Morgan fingerprint density at radius 1 is 0.919 bits per heavy atom. The number of aromatic carboxylic acids is 1. The second-order valence-corrected chi connectivity index (χ2v) is 9.77. The molecule has 3 aromatic carbocycles. The fraction of sp³-hybridized carbons (Fsp3) is 0.250. The quantitative estimate of drug-likeness (QED) is 0.230. The number of carbonyl (C=O) groups is 1. The molecule has 0 aliphatic rings. The number of carboxylic acid groups (broad SMARTS) is 1. The first kappa shape index (κ1) is 26.5. The highest BCUT2D eigenvalue weighted by atomic mass is 35.5. The summed E-state index contributed by atoms with van der Waals surface area (Å²) < 4.78 is 13.6. The first-order valence-electron chi connectivity index (χ1n) is 11.8. The molecule has 0 aliphatic carbocycles. The molecule has 0 amide bonds. The third-order valence-corrected chi connectivity index (χ3v) is 6.53. The minimum absolute atomic E-state index is 0.119. The molecule has 1 aromatic heterocycles. The molecule has 0 saturated heterocycles. The van der Waals surface area contributed by atoms with E-state index in [2.05, 4.69) is 17.2 Å². The SMILES string of the molecule is CC(C)c1nnn(-c2c(Cl)cccc2Cl)c1COc1ccc(C(C)COc2ccc(C(=O)O)cc2)cc1. The van der Waals surface area contributed by atoms with Crippen molar-refractivity contribution >= 4 is 29.2 Å². The summed E-state index contributed by atoms with van der Waals surface area (Å²) in [4.78, 5) is 11.0. The monoisotopic (exact) mass is 539 g/mol. The van der Waals surface area contributed by atoms with Gasteiger partial charge in [-0.2, -0.15) is 0 Å². The zero-order valence-corrected chi connectivity index (χ0v) is 22.2. The Hall–Kier alpha value is -3.55. The van der Waals surface area contributed by atoms with Crippen LogP contribution in [0.25, 0.3) is 5.69 Å². The molecule has 37 heavy (non-hydrogen) atoms. The van der Waals surface area contributed by atoms with Crippen molar-refractivity contribution in [1.82, 2.24) is 15.0 Å². The number of hydrogen-bond donors (Lipinski definition) is 1. The molecule has 0 saturated carbocycles. The van der Waals surface area contributed by atoms with E-state index in [0.29, 0.717) is 33.8 Å². The minimum Gasteiger partial charge on any atom is -0.493 e. The second kappa shape index (κ2) is 11.7. The van der Waals surface area contributed by atoms with Crippen molar-refractivity contribution in [3.63, 3.8) is 0 Å². The first-order valence-corrected chi connectivity index (χ1v) is 12.6. The lowest BCUT2D eigenvalue weighted by Gasteiger charge is -2.15. The molecule has 0 radical (unpaired) electrons. The van der Waals surface area contributed by atoms with E-state index in [0.717, 1.165) is 17.0 Å². The molecule has 7 nitrogen and oxygen atoms in total. The van der Waals surface area contributed by atoms with Crippen LogP contribution in [-0.2, 0) is 6.61 Å². The van der Waals surface area contributed by atoms with Gasteiger partial charge in [0.25, 0.3) is 0 Å². The summed E-state index contributed by atoms with van der Waals surface area (Å²) in [6, 6.07) is 19.5. The summed E-state index contributed by atoms with van der Waals surface area (Å²) in [6.45, 7) is 6.85. The van der Waals surface area contributed by atoms with Crippen LogP contribution < -0.4 is 9.47 Å². The number of rotatable bonds is 10. The Morgan fingerprint density at radius 2 is 1.51 bits per heavy atom. The maximum absolute atomic E-state index is 11.0. The third kappa shape index (κ3) is 6.24. The predicted octanol–water partition coefficient (Wildman–Crippen LogP) is 7.16. The normalized spacial score (nSPS) is 11.9. The lowest BCUT2D eigenvalue weighted by molar-refractivity contribution is 0.0697. The molecule has 1 N–H and O–H groups in total. The van der Waals surface area contributed by atoms with Crippen LogP contribution in [0.3, 0.4) is 0 Å². The van der Waals surface area contributed by atoms with Gasteiger partial charge in [0.05, 0.1) is 27.9 Å². The van der Waals surface area contributed by atoms with Crippen LogP contribution in [0.4, 0.5) is 0 Å². The van der Waals surface area contributed by atoms with Crippen LogP contribution in [0, 0.1) is 0 Å². The van der Waals surface area contributed by atoms with E-state index in [4.69, 9.17) is 37.8 Å².